The van der Waals surface area contributed by atoms with E-state index in [1.54, 1.807) is 0 Å². The number of fused-ring (bicyclic) bond motifs is 12. The Kier molecular flexibility index (Phi) is 7.00. The molecule has 0 saturated heterocycles. The van der Waals surface area contributed by atoms with Crippen LogP contribution in [0.4, 0.5) is 17.1 Å². The molecule has 250 valence electrons. The fourth-order valence-electron chi connectivity index (χ4n) is 8.80. The van der Waals surface area contributed by atoms with Crippen LogP contribution in [0.1, 0.15) is 22.3 Å². The molecule has 53 heavy (non-hydrogen) atoms. The van der Waals surface area contributed by atoms with Crippen LogP contribution in [-0.4, -0.2) is 0 Å². The summed E-state index contributed by atoms with van der Waals surface area (Å²) >= 11 is 10.4. The van der Waals surface area contributed by atoms with Crippen molar-refractivity contribution in [2.24, 2.45) is 0 Å². The molecule has 11 rings (SSSR count). The molecule has 0 bridgehead atoms. The van der Waals surface area contributed by atoms with Crippen molar-refractivity contribution >= 4 is 71.9 Å². The van der Waals surface area contributed by atoms with Gasteiger partial charge in [0, 0.05) is 57.6 Å². The maximum absolute atomic E-state index is 6.71. The van der Waals surface area contributed by atoms with E-state index in [0.717, 1.165) is 22.1 Å². The van der Waals surface area contributed by atoms with E-state index in [1.165, 1.54) is 74.5 Å². The Morgan fingerprint density at radius 3 is 2.00 bits per heavy atom. The van der Waals surface area contributed by atoms with Crippen LogP contribution in [0.5, 0.6) is 0 Å². The SMILES string of the molecule is Clc1ccc2c(c1)Sc1ccccc1C21c2ccccc2-c2ccc(N(c3ccccc3)c3cc(-c4ccccc4)c4sc5ccccc5c4c3)cc21. The molecule has 0 amide bonds. The molecule has 0 N–H and O–H groups in total. The molecule has 1 aromatic heterocycles. The highest BCUT2D eigenvalue weighted by Gasteiger charge is 2.50. The molecule has 0 saturated carbocycles. The van der Waals surface area contributed by atoms with Crippen molar-refractivity contribution in [3.8, 4) is 22.3 Å². The summed E-state index contributed by atoms with van der Waals surface area (Å²) in [5, 5.41) is 3.32. The lowest BCUT2D eigenvalue weighted by atomic mass is 9.67. The van der Waals surface area contributed by atoms with Crippen molar-refractivity contribution in [3.63, 3.8) is 0 Å². The van der Waals surface area contributed by atoms with Crippen molar-refractivity contribution < 1.29 is 0 Å². The van der Waals surface area contributed by atoms with Gasteiger partial charge in [-0.2, -0.15) is 0 Å². The minimum Gasteiger partial charge on any atom is -0.310 e. The molecule has 1 aliphatic carbocycles. The van der Waals surface area contributed by atoms with Gasteiger partial charge in [0.15, 0.2) is 0 Å². The molecule has 0 fully saturated rings. The summed E-state index contributed by atoms with van der Waals surface area (Å²) in [5.74, 6) is 0. The predicted octanol–water partition coefficient (Wildman–Crippen LogP) is 14.7. The van der Waals surface area contributed by atoms with Gasteiger partial charge in [-0.1, -0.05) is 145 Å². The van der Waals surface area contributed by atoms with E-state index in [4.69, 9.17) is 11.6 Å². The Morgan fingerprint density at radius 1 is 0.434 bits per heavy atom. The first-order chi connectivity index (χ1) is 26.2. The Labute approximate surface area is 321 Å². The van der Waals surface area contributed by atoms with E-state index in [0.29, 0.717) is 0 Å². The molecule has 1 unspecified atom stereocenters. The Bertz CT molecular complexity index is 2900. The van der Waals surface area contributed by atoms with Gasteiger partial charge in [-0.15, -0.1) is 11.3 Å². The largest absolute Gasteiger partial charge is 0.310 e. The summed E-state index contributed by atoms with van der Waals surface area (Å²) in [4.78, 5) is 4.91. The first-order valence-electron chi connectivity index (χ1n) is 17.9. The Morgan fingerprint density at radius 2 is 1.13 bits per heavy atom. The van der Waals surface area contributed by atoms with Crippen molar-refractivity contribution in [2.75, 3.05) is 4.90 Å². The minimum absolute atomic E-state index is 0.505. The third-order valence-electron chi connectivity index (χ3n) is 11.0. The first kappa shape index (κ1) is 31.0. The average molecular weight is 732 g/mol. The number of hydrogen-bond donors (Lipinski definition) is 0. The van der Waals surface area contributed by atoms with E-state index < -0.39 is 5.41 Å². The molecule has 2 heterocycles. The summed E-state index contributed by atoms with van der Waals surface area (Å²) in [6.45, 7) is 0. The molecular weight excluding hydrogens is 702 g/mol. The number of para-hydroxylation sites is 1. The van der Waals surface area contributed by atoms with Gasteiger partial charge in [0.1, 0.15) is 0 Å². The third-order valence-corrected chi connectivity index (χ3v) is 13.6. The highest BCUT2D eigenvalue weighted by atomic mass is 35.5. The normalized spacial score (nSPS) is 15.3. The summed E-state index contributed by atoms with van der Waals surface area (Å²) in [6.07, 6.45) is 0. The van der Waals surface area contributed by atoms with E-state index in [-0.39, 0.29) is 0 Å². The number of halogens is 1. The molecule has 1 nitrogen and oxygen atoms in total. The van der Waals surface area contributed by atoms with Crippen LogP contribution < -0.4 is 4.90 Å². The zero-order valence-electron chi connectivity index (χ0n) is 28.5. The third kappa shape index (κ3) is 4.58. The molecule has 0 radical (unpaired) electrons. The van der Waals surface area contributed by atoms with Gasteiger partial charge >= 0.3 is 0 Å². The molecule has 1 atom stereocenters. The fraction of sp³-hybridized carbons (Fsp3) is 0.0204. The van der Waals surface area contributed by atoms with Crippen LogP contribution in [0, 0.1) is 0 Å². The van der Waals surface area contributed by atoms with E-state index in [9.17, 15) is 0 Å². The lowest BCUT2D eigenvalue weighted by Crippen LogP contribution is -2.32. The average Bonchev–Trinajstić information content (AvgIpc) is 3.72. The second kappa shape index (κ2) is 12.0. The highest BCUT2D eigenvalue weighted by molar-refractivity contribution is 7.99. The lowest BCUT2D eigenvalue weighted by molar-refractivity contribution is 0.722. The fourth-order valence-corrected chi connectivity index (χ4v) is 11.5. The van der Waals surface area contributed by atoms with Gasteiger partial charge in [-0.25, -0.2) is 0 Å². The number of rotatable bonds is 4. The van der Waals surface area contributed by atoms with Crippen LogP contribution in [0.15, 0.2) is 192 Å². The number of hydrogen-bond acceptors (Lipinski definition) is 3. The Balaban J connectivity index is 1.22. The van der Waals surface area contributed by atoms with Gasteiger partial charge in [-0.3, -0.25) is 0 Å². The molecule has 8 aromatic carbocycles. The van der Waals surface area contributed by atoms with Crippen molar-refractivity contribution in [2.45, 2.75) is 15.2 Å². The van der Waals surface area contributed by atoms with Crippen LogP contribution in [-0.2, 0) is 5.41 Å². The maximum Gasteiger partial charge on any atom is 0.0736 e. The quantitative estimate of drug-likeness (QED) is 0.177. The maximum atomic E-state index is 6.71. The van der Waals surface area contributed by atoms with Crippen molar-refractivity contribution in [1.29, 1.82) is 0 Å². The minimum atomic E-state index is -0.505. The van der Waals surface area contributed by atoms with Gasteiger partial charge in [-0.05, 0) is 99.6 Å². The molecule has 1 spiro atoms. The van der Waals surface area contributed by atoms with E-state index >= 15 is 0 Å². The van der Waals surface area contributed by atoms with Crippen LogP contribution >= 0.6 is 34.7 Å². The topological polar surface area (TPSA) is 3.24 Å². The first-order valence-corrected chi connectivity index (χ1v) is 19.9. The second-order valence-electron chi connectivity index (χ2n) is 13.8. The smallest absolute Gasteiger partial charge is 0.0736 e. The number of nitrogens with zero attached hydrogens (tertiary/aromatic N) is 1. The monoisotopic (exact) mass is 731 g/mol. The summed E-state index contributed by atoms with van der Waals surface area (Å²) < 4.78 is 2.61. The summed E-state index contributed by atoms with van der Waals surface area (Å²) in [6, 6.07) is 66.7. The number of thiophene rings is 1. The van der Waals surface area contributed by atoms with E-state index in [1.807, 2.05) is 23.1 Å². The zero-order chi connectivity index (χ0) is 35.1. The zero-order valence-corrected chi connectivity index (χ0v) is 30.9. The van der Waals surface area contributed by atoms with Crippen molar-refractivity contribution in [1.82, 2.24) is 0 Å². The molecular formula is C49H30ClNS2. The predicted molar refractivity (Wildman–Crippen MR) is 226 cm³/mol. The summed E-state index contributed by atoms with van der Waals surface area (Å²) in [5.41, 5.74) is 13.0. The molecule has 4 heteroatoms. The Hall–Kier alpha value is -5.58. The molecule has 9 aromatic rings. The number of anilines is 3. The summed E-state index contributed by atoms with van der Waals surface area (Å²) in [7, 11) is 0. The van der Waals surface area contributed by atoms with Crippen LogP contribution in [0.3, 0.4) is 0 Å². The number of benzene rings is 8. The second-order valence-corrected chi connectivity index (χ2v) is 16.3. The highest BCUT2D eigenvalue weighted by Crippen LogP contribution is 2.63. The van der Waals surface area contributed by atoms with Gasteiger partial charge in [0.05, 0.1) is 5.41 Å². The van der Waals surface area contributed by atoms with Crippen molar-refractivity contribution in [3.05, 3.63) is 209 Å². The van der Waals surface area contributed by atoms with Gasteiger partial charge < -0.3 is 4.90 Å². The van der Waals surface area contributed by atoms with Gasteiger partial charge in [0.2, 0.25) is 0 Å². The van der Waals surface area contributed by atoms with Gasteiger partial charge in [0.25, 0.3) is 0 Å². The standard InChI is InChI=1S/C49H30ClNS2/c50-32-23-26-43-47(27-32)52-46-22-12-10-20-42(46)49(43)41-19-9-7-17-36(41)37-25-24-34(30-44(37)49)51(33-15-5-2-6-16-33)35-28-39(31-13-3-1-4-14-31)48-40(29-35)38-18-8-11-21-45(38)53-48/h1-30H. The van der Waals surface area contributed by atoms with Crippen LogP contribution in [0.2, 0.25) is 5.02 Å². The van der Waals surface area contributed by atoms with E-state index in [2.05, 4.69) is 187 Å². The molecule has 1 aliphatic heterocycles. The molecule has 2 aliphatic rings. The lowest BCUT2D eigenvalue weighted by Gasteiger charge is -2.40. The van der Waals surface area contributed by atoms with Crippen LogP contribution in [0.25, 0.3) is 42.4 Å².